The number of alkyl halides is 5. The first kappa shape index (κ1) is 21.5. The first-order valence-corrected chi connectivity index (χ1v) is 7.87. The van der Waals surface area contributed by atoms with E-state index in [0.29, 0.717) is 24.3 Å². The molecule has 0 aliphatic rings. The fraction of sp³-hybridized carbons (Fsp3) is 0.263. The summed E-state index contributed by atoms with van der Waals surface area (Å²) in [5, 5.41) is 0. The molecule has 0 aliphatic heterocycles. The minimum absolute atomic E-state index is 0.237. The van der Waals surface area contributed by atoms with Crippen molar-refractivity contribution in [3.05, 3.63) is 64.5 Å². The third kappa shape index (κ3) is 5.38. The minimum Gasteiger partial charge on any atom is -0.429 e. The van der Waals surface area contributed by atoms with Crippen molar-refractivity contribution in [2.45, 2.75) is 32.1 Å². The van der Waals surface area contributed by atoms with Crippen molar-refractivity contribution >= 4 is 0 Å². The smallest absolute Gasteiger partial charge is 0.429 e. The highest BCUT2D eigenvalue weighted by Crippen LogP contribution is 2.34. The maximum absolute atomic E-state index is 14.2. The molecule has 9 heteroatoms. The van der Waals surface area contributed by atoms with E-state index >= 15 is 0 Å². The van der Waals surface area contributed by atoms with Crippen LogP contribution in [0.25, 0.3) is 0 Å². The summed E-state index contributed by atoms with van der Waals surface area (Å²) < 4.78 is 110. The van der Waals surface area contributed by atoms with Crippen LogP contribution >= 0.6 is 0 Å². The first-order chi connectivity index (χ1) is 12.9. The number of benzene rings is 2. The summed E-state index contributed by atoms with van der Waals surface area (Å²) in [7, 11) is 0. The lowest BCUT2D eigenvalue weighted by Crippen LogP contribution is -2.23. The fourth-order valence-corrected chi connectivity index (χ4v) is 2.30. The minimum atomic E-state index is -5.00. The molecule has 2 aromatic rings. The first-order valence-electron chi connectivity index (χ1n) is 7.87. The van der Waals surface area contributed by atoms with Crippen LogP contribution in [0.5, 0.6) is 5.75 Å². The molecule has 0 atom stereocenters. The fourth-order valence-electron chi connectivity index (χ4n) is 2.30. The molecule has 0 radical (unpaired) electrons. The largest absolute Gasteiger partial charge is 0.458 e. The van der Waals surface area contributed by atoms with E-state index in [1.807, 2.05) is 6.92 Å². The zero-order valence-electron chi connectivity index (χ0n) is 14.2. The standard InChI is InChI=1S/C19H12F8O/c1-2-3-11-4-5-14(17(22)8-11)19(26,27)28-12-9-15(20)13(16(21)10-12)6-7-18(23,24)25/h4-5,8-10H,2-3H2,1H3. The molecule has 1 nitrogen and oxygen atoms in total. The third-order valence-corrected chi connectivity index (χ3v) is 3.48. The Hall–Kier alpha value is -2.76. The number of aryl methyl sites for hydroxylation is 1. The predicted octanol–water partition coefficient (Wildman–Crippen LogP) is 6.10. The summed E-state index contributed by atoms with van der Waals surface area (Å²) in [5.41, 5.74) is -1.94. The van der Waals surface area contributed by atoms with E-state index in [-0.39, 0.29) is 12.1 Å². The van der Waals surface area contributed by atoms with Gasteiger partial charge in [0, 0.05) is 18.1 Å². The molecule has 0 aromatic heterocycles. The Bertz CT molecular complexity index is 899. The molecule has 0 saturated carbocycles. The van der Waals surface area contributed by atoms with Crippen LogP contribution in [0.3, 0.4) is 0 Å². The second-order valence-corrected chi connectivity index (χ2v) is 5.69. The second kappa shape index (κ2) is 8.09. The van der Waals surface area contributed by atoms with Gasteiger partial charge in [-0.05, 0) is 24.1 Å². The van der Waals surface area contributed by atoms with Crippen LogP contribution in [-0.4, -0.2) is 6.18 Å². The van der Waals surface area contributed by atoms with Crippen molar-refractivity contribution in [2.24, 2.45) is 0 Å². The van der Waals surface area contributed by atoms with Crippen molar-refractivity contribution in [1.82, 2.24) is 0 Å². The van der Waals surface area contributed by atoms with Crippen LogP contribution < -0.4 is 4.74 Å². The Balaban J connectivity index is 2.33. The summed E-state index contributed by atoms with van der Waals surface area (Å²) in [6, 6.07) is 3.42. The van der Waals surface area contributed by atoms with Gasteiger partial charge >= 0.3 is 12.3 Å². The SMILES string of the molecule is CCCc1ccc(C(F)(F)Oc2cc(F)c(C#CC(F)(F)F)c(F)c2)c(F)c1. The van der Waals surface area contributed by atoms with Gasteiger partial charge in [-0.15, -0.1) is 0 Å². The Labute approximate surface area is 154 Å². The monoisotopic (exact) mass is 408 g/mol. The van der Waals surface area contributed by atoms with E-state index in [1.54, 1.807) is 0 Å². The summed E-state index contributed by atoms with van der Waals surface area (Å²) in [6.07, 6.45) is -8.16. The van der Waals surface area contributed by atoms with E-state index in [1.165, 1.54) is 12.0 Å². The molecule has 2 aromatic carbocycles. The number of hydrogen-bond acceptors (Lipinski definition) is 1. The van der Waals surface area contributed by atoms with Crippen LogP contribution in [-0.2, 0) is 12.5 Å². The van der Waals surface area contributed by atoms with Gasteiger partial charge < -0.3 is 4.74 Å². The zero-order valence-corrected chi connectivity index (χ0v) is 14.2. The predicted molar refractivity (Wildman–Crippen MR) is 84.2 cm³/mol. The summed E-state index contributed by atoms with van der Waals surface area (Å²) in [5.74, 6) is -3.69. The van der Waals surface area contributed by atoms with E-state index < -0.39 is 46.6 Å². The van der Waals surface area contributed by atoms with Gasteiger partial charge in [0.2, 0.25) is 0 Å². The van der Waals surface area contributed by atoms with Crippen molar-refractivity contribution in [1.29, 1.82) is 0 Å². The molecule has 0 N–H and O–H groups in total. The maximum Gasteiger partial charge on any atom is 0.458 e. The summed E-state index contributed by atoms with van der Waals surface area (Å²) in [6.45, 7) is 1.81. The average Bonchev–Trinajstić information content (AvgIpc) is 2.52. The van der Waals surface area contributed by atoms with E-state index in [4.69, 9.17) is 0 Å². The maximum atomic E-state index is 14.2. The second-order valence-electron chi connectivity index (χ2n) is 5.69. The highest BCUT2D eigenvalue weighted by atomic mass is 19.4. The van der Waals surface area contributed by atoms with Crippen LogP contribution in [0.1, 0.15) is 30.0 Å². The normalized spacial score (nSPS) is 11.8. The number of halogens is 8. The van der Waals surface area contributed by atoms with Crippen LogP contribution in [0.2, 0.25) is 0 Å². The van der Waals surface area contributed by atoms with Crippen molar-refractivity contribution in [2.75, 3.05) is 0 Å². The Morgan fingerprint density at radius 1 is 0.893 bits per heavy atom. The van der Waals surface area contributed by atoms with E-state index in [0.717, 1.165) is 12.1 Å². The summed E-state index contributed by atoms with van der Waals surface area (Å²) >= 11 is 0. The van der Waals surface area contributed by atoms with E-state index in [2.05, 4.69) is 4.74 Å². The molecule has 0 bridgehead atoms. The van der Waals surface area contributed by atoms with Crippen LogP contribution in [0.15, 0.2) is 30.3 Å². The average molecular weight is 408 g/mol. The number of rotatable bonds is 5. The van der Waals surface area contributed by atoms with Gasteiger partial charge in [-0.1, -0.05) is 25.3 Å². The highest BCUT2D eigenvalue weighted by Gasteiger charge is 2.38. The topological polar surface area (TPSA) is 9.23 Å². The van der Waals surface area contributed by atoms with Gasteiger partial charge in [0.05, 0.1) is 11.1 Å². The summed E-state index contributed by atoms with van der Waals surface area (Å²) in [4.78, 5) is 0. The van der Waals surface area contributed by atoms with Gasteiger partial charge in [-0.2, -0.15) is 22.0 Å². The van der Waals surface area contributed by atoms with Crippen LogP contribution in [0.4, 0.5) is 35.1 Å². The van der Waals surface area contributed by atoms with Gasteiger partial charge in [-0.3, -0.25) is 0 Å². The molecule has 150 valence electrons. The van der Waals surface area contributed by atoms with Crippen molar-refractivity contribution < 1.29 is 39.9 Å². The molecule has 2 rings (SSSR count). The molecular weight excluding hydrogens is 396 g/mol. The van der Waals surface area contributed by atoms with Gasteiger partial charge in [0.25, 0.3) is 0 Å². The van der Waals surface area contributed by atoms with E-state index in [9.17, 15) is 35.1 Å². The Morgan fingerprint density at radius 2 is 1.50 bits per heavy atom. The van der Waals surface area contributed by atoms with Crippen LogP contribution in [0, 0.1) is 29.3 Å². The van der Waals surface area contributed by atoms with Crippen molar-refractivity contribution in [3.63, 3.8) is 0 Å². The zero-order chi connectivity index (χ0) is 21.1. The molecule has 0 unspecified atom stereocenters. The van der Waals surface area contributed by atoms with Gasteiger partial charge in [-0.25, -0.2) is 13.2 Å². The molecular formula is C19H12F8O. The number of ether oxygens (including phenoxy) is 1. The highest BCUT2D eigenvalue weighted by molar-refractivity contribution is 5.42. The number of hydrogen-bond donors (Lipinski definition) is 0. The van der Waals surface area contributed by atoms with Gasteiger partial charge in [0.1, 0.15) is 23.2 Å². The quantitative estimate of drug-likeness (QED) is 0.429. The Morgan fingerprint density at radius 3 is 2.00 bits per heavy atom. The lowest BCUT2D eigenvalue weighted by molar-refractivity contribution is -0.187. The third-order valence-electron chi connectivity index (χ3n) is 3.48. The molecule has 0 fully saturated rings. The lowest BCUT2D eigenvalue weighted by atomic mass is 10.1. The Kier molecular flexibility index (Phi) is 6.22. The van der Waals surface area contributed by atoms with Gasteiger partial charge in [0.15, 0.2) is 0 Å². The lowest BCUT2D eigenvalue weighted by Gasteiger charge is -2.19. The molecule has 0 amide bonds. The molecule has 0 aliphatic carbocycles. The van der Waals surface area contributed by atoms with Crippen molar-refractivity contribution in [3.8, 4) is 17.6 Å². The molecule has 0 saturated heterocycles. The molecule has 0 spiro atoms. The molecule has 0 heterocycles. The molecule has 28 heavy (non-hydrogen) atoms.